The first-order valence-corrected chi connectivity index (χ1v) is 34.9. The monoisotopic (exact) mass is 1260 g/mol. The number of amides is 1. The summed E-state index contributed by atoms with van der Waals surface area (Å²) in [5.41, 5.74) is 0. The lowest BCUT2D eigenvalue weighted by molar-refractivity contribution is -0.379. The van der Waals surface area contributed by atoms with Gasteiger partial charge in [0.05, 0.1) is 38.6 Å². The van der Waals surface area contributed by atoms with E-state index in [4.69, 9.17) is 28.4 Å². The first kappa shape index (κ1) is 80.0. The van der Waals surface area contributed by atoms with Gasteiger partial charge in [-0.05, 0) is 70.6 Å². The predicted molar refractivity (Wildman–Crippen MR) is 342 cm³/mol. The Morgan fingerprint density at radius 3 is 1.14 bits per heavy atom. The third-order valence-electron chi connectivity index (χ3n) is 17.3. The van der Waals surface area contributed by atoms with Gasteiger partial charge >= 0.3 is 0 Å². The maximum absolute atomic E-state index is 13.4. The second-order valence-corrected chi connectivity index (χ2v) is 25.0. The molecule has 0 radical (unpaired) electrons. The normalized spacial score (nSPS) is 28.7. The molecule has 3 saturated heterocycles. The molecule has 19 nitrogen and oxygen atoms in total. The summed E-state index contributed by atoms with van der Waals surface area (Å²) in [5, 5.41) is 120. The molecular weight excluding hydrogens is 1130 g/mol. The molecule has 19 heteroatoms. The molecule has 514 valence electrons. The van der Waals surface area contributed by atoms with E-state index >= 15 is 0 Å². The van der Waals surface area contributed by atoms with Crippen LogP contribution in [0.3, 0.4) is 0 Å². The zero-order valence-corrected chi connectivity index (χ0v) is 54.2. The van der Waals surface area contributed by atoms with Crippen molar-refractivity contribution in [2.75, 3.05) is 26.4 Å². The molecule has 0 aromatic carbocycles. The first-order valence-electron chi connectivity index (χ1n) is 34.9. The van der Waals surface area contributed by atoms with Gasteiger partial charge in [-0.15, -0.1) is 0 Å². The van der Waals surface area contributed by atoms with Crippen LogP contribution in [0.5, 0.6) is 0 Å². The third-order valence-corrected chi connectivity index (χ3v) is 17.3. The van der Waals surface area contributed by atoms with Crippen molar-refractivity contribution in [2.45, 2.75) is 356 Å². The number of ether oxygens (including phenoxy) is 6. The van der Waals surface area contributed by atoms with Gasteiger partial charge in [0.2, 0.25) is 5.91 Å². The van der Waals surface area contributed by atoms with Gasteiger partial charge in [-0.25, -0.2) is 0 Å². The molecule has 0 aliphatic carbocycles. The topological polar surface area (TPSA) is 307 Å². The van der Waals surface area contributed by atoms with Crippen molar-refractivity contribution < 1.29 is 89.4 Å². The lowest BCUT2D eigenvalue weighted by atomic mass is 9.96. The van der Waals surface area contributed by atoms with Crippen molar-refractivity contribution in [1.29, 1.82) is 0 Å². The number of allylic oxidation sites excluding steroid dienone is 7. The van der Waals surface area contributed by atoms with E-state index in [0.29, 0.717) is 12.8 Å². The summed E-state index contributed by atoms with van der Waals surface area (Å²) in [7, 11) is 0. The molecule has 0 aromatic heterocycles. The Morgan fingerprint density at radius 2 is 0.727 bits per heavy atom. The molecule has 0 aromatic rings. The molecule has 17 unspecified atom stereocenters. The Hall–Kier alpha value is -2.25. The lowest BCUT2D eigenvalue weighted by Gasteiger charge is -2.48. The number of nitrogens with one attached hydrogen (secondary N) is 1. The number of unbranched alkanes of at least 4 members (excludes halogenated alkanes) is 31. The molecule has 3 aliphatic heterocycles. The largest absolute Gasteiger partial charge is 0.394 e. The molecule has 3 aliphatic rings. The smallest absolute Gasteiger partial charge is 0.220 e. The minimum Gasteiger partial charge on any atom is -0.394 e. The van der Waals surface area contributed by atoms with Crippen molar-refractivity contribution in [1.82, 2.24) is 5.32 Å². The van der Waals surface area contributed by atoms with E-state index in [1.807, 2.05) is 6.08 Å². The van der Waals surface area contributed by atoms with E-state index in [1.165, 1.54) is 173 Å². The highest BCUT2D eigenvalue weighted by molar-refractivity contribution is 5.76. The fourth-order valence-corrected chi connectivity index (χ4v) is 11.6. The molecule has 3 rings (SSSR count). The second kappa shape index (κ2) is 51.2. The van der Waals surface area contributed by atoms with Crippen LogP contribution in [-0.2, 0) is 33.2 Å². The molecule has 17 atom stereocenters. The third kappa shape index (κ3) is 33.0. The Labute approximate surface area is 529 Å². The Bertz CT molecular complexity index is 1790. The van der Waals surface area contributed by atoms with Crippen LogP contribution in [0.1, 0.15) is 251 Å². The minimum absolute atomic E-state index is 0.232. The van der Waals surface area contributed by atoms with Crippen molar-refractivity contribution in [3.05, 3.63) is 48.6 Å². The number of rotatable bonds is 53. The van der Waals surface area contributed by atoms with Crippen LogP contribution in [0.4, 0.5) is 0 Å². The zero-order valence-electron chi connectivity index (χ0n) is 54.2. The maximum Gasteiger partial charge on any atom is 0.220 e. The first-order chi connectivity index (χ1) is 42.8. The second-order valence-electron chi connectivity index (χ2n) is 25.0. The van der Waals surface area contributed by atoms with Gasteiger partial charge in [-0.1, -0.05) is 223 Å². The summed E-state index contributed by atoms with van der Waals surface area (Å²) < 4.78 is 34.3. The molecule has 0 bridgehead atoms. The van der Waals surface area contributed by atoms with Gasteiger partial charge in [0.25, 0.3) is 0 Å². The van der Waals surface area contributed by atoms with E-state index < -0.39 is 124 Å². The number of carbonyl (C=O) groups excluding carboxylic acids is 1. The van der Waals surface area contributed by atoms with E-state index in [1.54, 1.807) is 6.08 Å². The minimum atomic E-state index is -1.98. The Balaban J connectivity index is 1.45. The van der Waals surface area contributed by atoms with Crippen molar-refractivity contribution in [2.24, 2.45) is 0 Å². The summed E-state index contributed by atoms with van der Waals surface area (Å²) >= 11 is 0. The fraction of sp³-hybridized carbons (Fsp3) is 0.870. The van der Waals surface area contributed by atoms with E-state index in [0.717, 1.165) is 44.9 Å². The quantitative estimate of drug-likeness (QED) is 0.0200. The van der Waals surface area contributed by atoms with Gasteiger partial charge in [0, 0.05) is 6.42 Å². The van der Waals surface area contributed by atoms with Gasteiger partial charge in [-0.3, -0.25) is 4.79 Å². The average molecular weight is 1260 g/mol. The number of aliphatic hydroxyl groups is 11. The summed E-state index contributed by atoms with van der Waals surface area (Å²) in [6.45, 7) is 1.71. The number of hydrogen-bond acceptors (Lipinski definition) is 18. The van der Waals surface area contributed by atoms with Crippen LogP contribution >= 0.6 is 0 Å². The van der Waals surface area contributed by atoms with Gasteiger partial charge in [0.15, 0.2) is 18.9 Å². The number of hydrogen-bond donors (Lipinski definition) is 12. The van der Waals surface area contributed by atoms with Gasteiger partial charge in [-0.2, -0.15) is 0 Å². The molecule has 12 N–H and O–H groups in total. The SMILES string of the molecule is CCCCCCCCCC/C=C\CCCCCCCCCCCCCCCC(=O)NC(COC1OC(CO)C(OC2OC(CO)C(OC3OC(CO)C(O)C(O)C3O)C(O)C2O)C(O)C1O)C(O)/C=C/CC/C=C/CC/C=C/CCCCCCCCCC. The van der Waals surface area contributed by atoms with Crippen LogP contribution in [0.15, 0.2) is 48.6 Å². The van der Waals surface area contributed by atoms with Crippen LogP contribution in [0, 0.1) is 0 Å². The molecule has 88 heavy (non-hydrogen) atoms. The summed E-state index contributed by atoms with van der Waals surface area (Å²) in [6.07, 6.45) is 33.8. The molecule has 3 fully saturated rings. The molecule has 0 spiro atoms. The molecule has 0 saturated carbocycles. The van der Waals surface area contributed by atoms with Crippen molar-refractivity contribution in [3.8, 4) is 0 Å². The van der Waals surface area contributed by atoms with Gasteiger partial charge < -0.3 is 89.9 Å². The molecule has 3 heterocycles. The van der Waals surface area contributed by atoms with Crippen LogP contribution in [-0.4, -0.2) is 193 Å². The van der Waals surface area contributed by atoms with Crippen LogP contribution in [0.25, 0.3) is 0 Å². The number of aliphatic hydroxyl groups excluding tert-OH is 11. The summed E-state index contributed by atoms with van der Waals surface area (Å²) in [6, 6.07) is -0.997. The highest BCUT2D eigenvalue weighted by atomic mass is 16.8. The van der Waals surface area contributed by atoms with Gasteiger partial charge in [0.1, 0.15) is 73.2 Å². The predicted octanol–water partition coefficient (Wildman–Crippen LogP) is 9.00. The number of carbonyl (C=O) groups is 1. The van der Waals surface area contributed by atoms with Crippen molar-refractivity contribution in [3.63, 3.8) is 0 Å². The maximum atomic E-state index is 13.4. The van der Waals surface area contributed by atoms with Crippen LogP contribution < -0.4 is 5.32 Å². The zero-order chi connectivity index (χ0) is 64.0. The van der Waals surface area contributed by atoms with Crippen LogP contribution in [0.2, 0.25) is 0 Å². The average Bonchev–Trinajstić information content (AvgIpc) is 3.70. The summed E-state index contributed by atoms with van der Waals surface area (Å²) in [4.78, 5) is 13.4. The Kier molecular flexibility index (Phi) is 46.5. The highest BCUT2D eigenvalue weighted by Crippen LogP contribution is 2.33. The van der Waals surface area contributed by atoms with Crippen molar-refractivity contribution >= 4 is 5.91 Å². The van der Waals surface area contributed by atoms with E-state index in [9.17, 15) is 61.0 Å². The molecule has 1 amide bonds. The fourth-order valence-electron chi connectivity index (χ4n) is 11.6. The van der Waals surface area contributed by atoms with E-state index in [-0.39, 0.29) is 18.9 Å². The standard InChI is InChI=1S/C69H125NO18/c1-3-5-7-9-11-13-15-17-19-21-23-24-25-26-27-28-29-31-33-35-37-39-41-43-45-47-57(75)70-52(53(74)46-44-42-40-38-36-34-32-30-22-20-18-16-14-12-10-8-6-4-2)51-83-67-63(81)60(78)65(55(49-72)85-67)88-69-64(82)61(79)66(56(50-73)86-69)87-68-62(80)59(77)58(76)54(48-71)84-68/h21-23,30,36,38,44,46,52-56,58-69,71-74,76-82H,3-20,24-29,31-35,37,39-43,45,47-51H2,1-2H3,(H,70,75)/b23-21-,30-22+,38-36+,46-44+. The molecular formula is C69H125NO18. The lowest BCUT2D eigenvalue weighted by Crippen LogP contribution is -2.66. The summed E-state index contributed by atoms with van der Waals surface area (Å²) in [5.74, 6) is -0.288. The Morgan fingerprint density at radius 1 is 0.398 bits per heavy atom. The van der Waals surface area contributed by atoms with E-state index in [2.05, 4.69) is 55.6 Å². The highest BCUT2D eigenvalue weighted by Gasteiger charge is 2.53.